The summed E-state index contributed by atoms with van der Waals surface area (Å²) in [4.78, 5) is 17.2. The number of hydrogen-bond donors (Lipinski definition) is 0. The van der Waals surface area contributed by atoms with Gasteiger partial charge < -0.3 is 9.47 Å². The van der Waals surface area contributed by atoms with Gasteiger partial charge in [-0.2, -0.15) is 0 Å². The van der Waals surface area contributed by atoms with E-state index in [0.29, 0.717) is 34.2 Å². The van der Waals surface area contributed by atoms with Gasteiger partial charge in [-0.1, -0.05) is 45.8 Å². The van der Waals surface area contributed by atoms with Gasteiger partial charge in [0.2, 0.25) is 0 Å². The summed E-state index contributed by atoms with van der Waals surface area (Å²) in [6.07, 6.45) is 1.57. The van der Waals surface area contributed by atoms with Gasteiger partial charge in [0.1, 0.15) is 18.1 Å². The van der Waals surface area contributed by atoms with Crippen LogP contribution in [0, 0.1) is 6.92 Å². The number of carbonyl (C=O) groups is 1. The largest absolute Gasteiger partial charge is 0.489 e. The molecule has 2 heterocycles. The molecule has 5 rings (SSSR count). The average Bonchev–Trinajstić information content (AvgIpc) is 3.23. The van der Waals surface area contributed by atoms with Gasteiger partial charge in [0, 0.05) is 41.0 Å². The van der Waals surface area contributed by atoms with Crippen LogP contribution < -0.4 is 4.74 Å². The highest BCUT2D eigenvalue weighted by atomic mass is 79.9. The maximum absolute atomic E-state index is 14.1. The highest BCUT2D eigenvalue weighted by Gasteiger charge is 2.28. The van der Waals surface area contributed by atoms with Gasteiger partial charge in [-0.15, -0.1) is 0 Å². The number of aryl methyl sites for hydroxylation is 1. The van der Waals surface area contributed by atoms with Crippen molar-refractivity contribution in [1.29, 1.82) is 0 Å². The molecule has 0 spiro atoms. The minimum atomic E-state index is -4.09. The maximum Gasteiger partial charge on any atom is 0.268 e. The van der Waals surface area contributed by atoms with Gasteiger partial charge in [-0.3, -0.25) is 9.78 Å². The molecule has 0 atom stereocenters. The summed E-state index contributed by atoms with van der Waals surface area (Å²) in [6, 6.07) is 19.7. The Morgan fingerprint density at radius 3 is 2.47 bits per heavy atom. The van der Waals surface area contributed by atoms with Crippen molar-refractivity contribution >= 4 is 53.5 Å². The molecule has 0 aliphatic rings. The second kappa shape index (κ2) is 10.3. The lowest BCUT2D eigenvalue weighted by Gasteiger charge is -2.12. The van der Waals surface area contributed by atoms with Gasteiger partial charge >= 0.3 is 0 Å². The van der Waals surface area contributed by atoms with Gasteiger partial charge in [0.25, 0.3) is 10.0 Å². The van der Waals surface area contributed by atoms with Crippen molar-refractivity contribution in [3.8, 4) is 5.75 Å². The van der Waals surface area contributed by atoms with Gasteiger partial charge in [-0.05, 0) is 55.0 Å². The Labute approximate surface area is 229 Å². The molecular formula is C29H25BrN2O5S. The van der Waals surface area contributed by atoms with Gasteiger partial charge in [0.15, 0.2) is 5.78 Å². The van der Waals surface area contributed by atoms with E-state index in [1.807, 2.05) is 31.2 Å². The first-order valence-electron chi connectivity index (χ1n) is 11.9. The number of methoxy groups -OCH3 is 1. The van der Waals surface area contributed by atoms with Crippen molar-refractivity contribution in [2.75, 3.05) is 7.11 Å². The molecule has 0 bridgehead atoms. The lowest BCUT2D eigenvalue weighted by atomic mass is 10.1. The number of nitrogens with zero attached hydrogens (tertiary/aromatic N) is 2. The molecule has 0 amide bonds. The van der Waals surface area contributed by atoms with Crippen molar-refractivity contribution < 1.29 is 22.7 Å². The Hall–Kier alpha value is -3.53. The zero-order valence-electron chi connectivity index (χ0n) is 21.1. The van der Waals surface area contributed by atoms with Crippen molar-refractivity contribution in [1.82, 2.24) is 8.96 Å². The van der Waals surface area contributed by atoms with E-state index < -0.39 is 10.0 Å². The molecule has 5 aromatic rings. The zero-order valence-corrected chi connectivity index (χ0v) is 23.5. The van der Waals surface area contributed by atoms with Gasteiger partial charge in [0.05, 0.1) is 22.5 Å². The predicted molar refractivity (Wildman–Crippen MR) is 150 cm³/mol. The number of benzene rings is 3. The Morgan fingerprint density at radius 1 is 1.03 bits per heavy atom. The van der Waals surface area contributed by atoms with E-state index in [1.165, 1.54) is 10.9 Å². The number of carbonyl (C=O) groups excluding carboxylic acids is 1. The molecule has 0 aliphatic carbocycles. The molecule has 0 fully saturated rings. The third kappa shape index (κ3) is 4.73. The van der Waals surface area contributed by atoms with Crippen LogP contribution in [0.5, 0.6) is 5.75 Å². The SMILES string of the molecule is COCc1cnc(C(C)=O)c2c1c1cc(OCc3cccc(Br)c3)ccc1n2S(=O)(=O)c1ccc(C)cc1. The van der Waals surface area contributed by atoms with Crippen LogP contribution in [-0.4, -0.2) is 30.3 Å². The monoisotopic (exact) mass is 592 g/mol. The van der Waals surface area contributed by atoms with Crippen LogP contribution >= 0.6 is 15.9 Å². The Balaban J connectivity index is 1.78. The van der Waals surface area contributed by atoms with E-state index in [9.17, 15) is 13.2 Å². The summed E-state index contributed by atoms with van der Waals surface area (Å²) >= 11 is 3.47. The lowest BCUT2D eigenvalue weighted by molar-refractivity contribution is 0.101. The first kappa shape index (κ1) is 26.1. The normalized spacial score (nSPS) is 11.8. The lowest BCUT2D eigenvalue weighted by Crippen LogP contribution is -2.15. The predicted octanol–water partition coefficient (Wildman–Crippen LogP) is 6.43. The molecule has 0 N–H and O–H groups in total. The third-order valence-electron chi connectivity index (χ3n) is 6.28. The summed E-state index contributed by atoms with van der Waals surface area (Å²) in [6.45, 7) is 3.79. The number of pyridine rings is 1. The first-order valence-corrected chi connectivity index (χ1v) is 14.1. The average molecular weight is 593 g/mol. The zero-order chi connectivity index (χ0) is 27.0. The van der Waals surface area contributed by atoms with Crippen molar-refractivity contribution in [3.05, 3.63) is 99.8 Å². The van der Waals surface area contributed by atoms with E-state index in [1.54, 1.807) is 55.8 Å². The van der Waals surface area contributed by atoms with Crippen LogP contribution in [0.15, 0.2) is 82.3 Å². The maximum atomic E-state index is 14.1. The van der Waals surface area contributed by atoms with Crippen LogP contribution in [0.3, 0.4) is 0 Å². The number of ketones is 1. The molecule has 9 heteroatoms. The molecular weight excluding hydrogens is 568 g/mol. The molecule has 0 saturated heterocycles. The fourth-order valence-electron chi connectivity index (χ4n) is 4.52. The fraction of sp³-hybridized carbons (Fsp3) is 0.172. The quantitative estimate of drug-likeness (QED) is 0.193. The number of fused-ring (bicyclic) bond motifs is 3. The van der Waals surface area contributed by atoms with Crippen LogP contribution in [0.25, 0.3) is 21.8 Å². The third-order valence-corrected chi connectivity index (χ3v) is 8.50. The van der Waals surface area contributed by atoms with E-state index in [4.69, 9.17) is 9.47 Å². The molecule has 0 radical (unpaired) electrons. The van der Waals surface area contributed by atoms with E-state index in [-0.39, 0.29) is 28.5 Å². The fourth-order valence-corrected chi connectivity index (χ4v) is 6.49. The van der Waals surface area contributed by atoms with E-state index in [0.717, 1.165) is 15.6 Å². The summed E-state index contributed by atoms with van der Waals surface area (Å²) in [5.74, 6) is 0.224. The minimum absolute atomic E-state index is 0.0725. The number of aromatic nitrogens is 2. The number of rotatable bonds is 8. The molecule has 194 valence electrons. The second-order valence-corrected chi connectivity index (χ2v) is 11.7. The molecule has 2 aromatic heterocycles. The second-order valence-electron chi connectivity index (χ2n) is 9.02. The Bertz CT molecular complexity index is 1790. The van der Waals surface area contributed by atoms with E-state index in [2.05, 4.69) is 20.9 Å². The molecule has 3 aromatic carbocycles. The van der Waals surface area contributed by atoms with Crippen LogP contribution in [-0.2, 0) is 28.0 Å². The summed E-state index contributed by atoms with van der Waals surface area (Å²) < 4.78 is 41.8. The van der Waals surface area contributed by atoms with Crippen LogP contribution in [0.4, 0.5) is 0 Å². The van der Waals surface area contributed by atoms with Crippen LogP contribution in [0.1, 0.15) is 34.1 Å². The van der Waals surface area contributed by atoms with Crippen molar-refractivity contribution in [2.45, 2.75) is 32.0 Å². The number of ether oxygens (including phenoxy) is 2. The van der Waals surface area contributed by atoms with Crippen molar-refractivity contribution in [2.24, 2.45) is 0 Å². The standard InChI is InChI=1S/C29H25BrN2O5S/c1-18-7-10-24(11-8-18)38(34,35)32-26-12-9-23(37-16-20-5-4-6-22(30)13-20)14-25(26)27-21(17-36-3)15-31-28(19(2)33)29(27)32/h4-15H,16-17H2,1-3H3. The summed E-state index contributed by atoms with van der Waals surface area (Å²) in [5, 5.41) is 1.21. The van der Waals surface area contributed by atoms with E-state index >= 15 is 0 Å². The van der Waals surface area contributed by atoms with Gasteiger partial charge in [-0.25, -0.2) is 12.4 Å². The van der Waals surface area contributed by atoms with Crippen molar-refractivity contribution in [3.63, 3.8) is 0 Å². The number of hydrogen-bond acceptors (Lipinski definition) is 6. The first-order chi connectivity index (χ1) is 18.2. The minimum Gasteiger partial charge on any atom is -0.489 e. The molecule has 38 heavy (non-hydrogen) atoms. The van der Waals surface area contributed by atoms with Crippen LogP contribution in [0.2, 0.25) is 0 Å². The summed E-state index contributed by atoms with van der Waals surface area (Å²) in [5.41, 5.74) is 3.30. The molecule has 0 saturated carbocycles. The smallest absolute Gasteiger partial charge is 0.268 e. The number of Topliss-reactive ketones (excluding diaryl/α,β-unsaturated/α-hetero) is 1. The topological polar surface area (TPSA) is 87.5 Å². The summed E-state index contributed by atoms with van der Waals surface area (Å²) in [7, 11) is -2.53. The molecule has 7 nitrogen and oxygen atoms in total. The Kier molecular flexibility index (Phi) is 7.09. The number of halogens is 1. The molecule has 0 unspecified atom stereocenters. The molecule has 0 aliphatic heterocycles. The highest BCUT2D eigenvalue weighted by Crippen LogP contribution is 2.38. The Morgan fingerprint density at radius 2 is 1.79 bits per heavy atom. The highest BCUT2D eigenvalue weighted by molar-refractivity contribution is 9.10.